The average Bonchev–Trinajstić information content (AvgIpc) is 3.08. The van der Waals surface area contributed by atoms with Crippen molar-refractivity contribution in [3.05, 3.63) is 48.2 Å². The van der Waals surface area contributed by atoms with Crippen LogP contribution in [0.2, 0.25) is 0 Å². The smallest absolute Gasteiger partial charge is 0.117 e. The van der Waals surface area contributed by atoms with Gasteiger partial charge in [-0.15, -0.1) is 11.7 Å². The molecule has 3 heterocycles. The first-order valence-corrected chi connectivity index (χ1v) is 8.72. The highest BCUT2D eigenvalue weighted by Gasteiger charge is 2.34. The van der Waals surface area contributed by atoms with Gasteiger partial charge in [-0.3, -0.25) is 4.90 Å². The number of hydrogen-bond donors (Lipinski definition) is 0. The van der Waals surface area contributed by atoms with Gasteiger partial charge in [0.1, 0.15) is 11.5 Å². The summed E-state index contributed by atoms with van der Waals surface area (Å²) in [4.78, 5) is 2.38. The Kier molecular flexibility index (Phi) is 4.49. The summed E-state index contributed by atoms with van der Waals surface area (Å²) in [5.74, 6) is 1.77. The van der Waals surface area contributed by atoms with Crippen LogP contribution in [-0.4, -0.2) is 39.7 Å². The summed E-state index contributed by atoms with van der Waals surface area (Å²) < 4.78 is 13.4. The molecule has 2 aromatic heterocycles. The predicted octanol–water partition coefficient (Wildman–Crippen LogP) is 2.58. The molecule has 2 aliphatic rings. The van der Waals surface area contributed by atoms with Gasteiger partial charge in [-0.05, 0) is 30.9 Å². The van der Waals surface area contributed by atoms with Crippen molar-refractivity contribution in [2.75, 3.05) is 19.8 Å². The SMILES string of the molecule is C=CCOC[C@@H]1c2nnn(CC3CC3)c2CCN1Cc1ccco1. The molecule has 24 heavy (non-hydrogen) atoms. The molecule has 0 bridgehead atoms. The van der Waals surface area contributed by atoms with Crippen LogP contribution in [-0.2, 0) is 24.2 Å². The van der Waals surface area contributed by atoms with E-state index in [2.05, 4.69) is 26.5 Å². The van der Waals surface area contributed by atoms with Crippen LogP contribution < -0.4 is 0 Å². The first-order chi connectivity index (χ1) is 11.8. The minimum atomic E-state index is 0.117. The molecule has 0 aromatic carbocycles. The van der Waals surface area contributed by atoms with Crippen molar-refractivity contribution in [3.8, 4) is 0 Å². The van der Waals surface area contributed by atoms with E-state index in [1.165, 1.54) is 18.5 Å². The first-order valence-electron chi connectivity index (χ1n) is 8.72. The molecule has 1 atom stereocenters. The highest BCUT2D eigenvalue weighted by atomic mass is 16.5. The quantitative estimate of drug-likeness (QED) is 0.551. The number of ether oxygens (including phenoxy) is 1. The van der Waals surface area contributed by atoms with Crippen LogP contribution in [0.4, 0.5) is 0 Å². The maximum absolute atomic E-state index is 5.76. The van der Waals surface area contributed by atoms with Crippen LogP contribution in [0, 0.1) is 5.92 Å². The minimum Gasteiger partial charge on any atom is -0.468 e. The summed E-state index contributed by atoms with van der Waals surface area (Å²) in [7, 11) is 0. The molecule has 1 fully saturated rings. The third-order valence-electron chi connectivity index (χ3n) is 4.84. The van der Waals surface area contributed by atoms with Crippen LogP contribution in [0.1, 0.15) is 36.0 Å². The molecule has 0 unspecified atom stereocenters. The Morgan fingerprint density at radius 2 is 2.33 bits per heavy atom. The molecule has 2 aromatic rings. The lowest BCUT2D eigenvalue weighted by Crippen LogP contribution is -2.38. The lowest BCUT2D eigenvalue weighted by Gasteiger charge is -2.34. The largest absolute Gasteiger partial charge is 0.468 e. The average molecular weight is 328 g/mol. The van der Waals surface area contributed by atoms with Crippen molar-refractivity contribution in [1.29, 1.82) is 0 Å². The van der Waals surface area contributed by atoms with E-state index in [-0.39, 0.29) is 6.04 Å². The van der Waals surface area contributed by atoms with Gasteiger partial charge in [-0.2, -0.15) is 0 Å². The summed E-state index contributed by atoms with van der Waals surface area (Å²) in [6.07, 6.45) is 7.13. The molecule has 0 N–H and O–H groups in total. The van der Waals surface area contributed by atoms with Crippen molar-refractivity contribution in [2.24, 2.45) is 5.92 Å². The molecule has 6 nitrogen and oxygen atoms in total. The van der Waals surface area contributed by atoms with Gasteiger partial charge >= 0.3 is 0 Å². The lowest BCUT2D eigenvalue weighted by atomic mass is 10.0. The molecule has 4 rings (SSSR count). The van der Waals surface area contributed by atoms with E-state index in [0.29, 0.717) is 13.2 Å². The maximum Gasteiger partial charge on any atom is 0.117 e. The second-order valence-corrected chi connectivity index (χ2v) is 6.69. The zero-order valence-corrected chi connectivity index (χ0v) is 13.9. The zero-order chi connectivity index (χ0) is 16.4. The number of hydrogen-bond acceptors (Lipinski definition) is 5. The van der Waals surface area contributed by atoms with Crippen molar-refractivity contribution in [3.63, 3.8) is 0 Å². The van der Waals surface area contributed by atoms with Crippen LogP contribution in [0.25, 0.3) is 0 Å². The van der Waals surface area contributed by atoms with E-state index < -0.39 is 0 Å². The van der Waals surface area contributed by atoms with Crippen molar-refractivity contribution in [1.82, 2.24) is 19.9 Å². The molecule has 0 amide bonds. The van der Waals surface area contributed by atoms with E-state index in [0.717, 1.165) is 43.4 Å². The van der Waals surface area contributed by atoms with Crippen molar-refractivity contribution >= 4 is 0 Å². The lowest BCUT2D eigenvalue weighted by molar-refractivity contribution is 0.0561. The van der Waals surface area contributed by atoms with Crippen LogP contribution in [0.5, 0.6) is 0 Å². The molecular weight excluding hydrogens is 304 g/mol. The fraction of sp³-hybridized carbons (Fsp3) is 0.556. The summed E-state index contributed by atoms with van der Waals surface area (Å²) in [5.41, 5.74) is 2.35. The van der Waals surface area contributed by atoms with Crippen LogP contribution >= 0.6 is 0 Å². The topological polar surface area (TPSA) is 56.3 Å². The summed E-state index contributed by atoms with van der Waals surface area (Å²) in [6.45, 7) is 7.63. The Hall–Kier alpha value is -1.92. The number of aromatic nitrogens is 3. The van der Waals surface area contributed by atoms with E-state index in [9.17, 15) is 0 Å². The Morgan fingerprint density at radius 1 is 1.42 bits per heavy atom. The van der Waals surface area contributed by atoms with Gasteiger partial charge in [0.05, 0.1) is 37.8 Å². The molecule has 128 valence electrons. The molecule has 1 saturated carbocycles. The number of furan rings is 1. The monoisotopic (exact) mass is 328 g/mol. The standard InChI is InChI=1S/C18H24N4O2/c1-2-9-23-13-17-18-16(22(20-19-18)11-14-5-6-14)7-8-21(17)12-15-4-3-10-24-15/h2-4,10,14,17H,1,5-9,11-13H2/t17-/m1/s1. The highest BCUT2D eigenvalue weighted by Crippen LogP contribution is 2.34. The van der Waals surface area contributed by atoms with Gasteiger partial charge in [0, 0.05) is 19.5 Å². The minimum absolute atomic E-state index is 0.117. The molecular formula is C18H24N4O2. The van der Waals surface area contributed by atoms with E-state index in [4.69, 9.17) is 9.15 Å². The zero-order valence-electron chi connectivity index (χ0n) is 13.9. The Balaban J connectivity index is 1.54. The Bertz CT molecular complexity index is 675. The van der Waals surface area contributed by atoms with Crippen LogP contribution in [0.15, 0.2) is 35.5 Å². The first kappa shape index (κ1) is 15.6. The van der Waals surface area contributed by atoms with Gasteiger partial charge in [0.25, 0.3) is 0 Å². The number of fused-ring (bicyclic) bond motifs is 1. The molecule has 6 heteroatoms. The Morgan fingerprint density at radius 3 is 3.08 bits per heavy atom. The molecule has 0 saturated heterocycles. The maximum atomic E-state index is 5.76. The Labute approximate surface area is 142 Å². The molecule has 0 radical (unpaired) electrons. The van der Waals surface area contributed by atoms with Gasteiger partial charge in [0.15, 0.2) is 0 Å². The predicted molar refractivity (Wildman–Crippen MR) is 89.3 cm³/mol. The van der Waals surface area contributed by atoms with E-state index >= 15 is 0 Å². The van der Waals surface area contributed by atoms with Crippen LogP contribution in [0.3, 0.4) is 0 Å². The highest BCUT2D eigenvalue weighted by molar-refractivity contribution is 5.20. The third-order valence-corrected chi connectivity index (χ3v) is 4.84. The molecule has 1 aliphatic heterocycles. The fourth-order valence-electron chi connectivity index (χ4n) is 3.37. The van der Waals surface area contributed by atoms with E-state index in [1.807, 2.05) is 12.1 Å². The third kappa shape index (κ3) is 3.30. The van der Waals surface area contributed by atoms with Crippen molar-refractivity contribution < 1.29 is 9.15 Å². The van der Waals surface area contributed by atoms with Gasteiger partial charge in [0.2, 0.25) is 0 Å². The molecule has 0 spiro atoms. The summed E-state index contributed by atoms with van der Waals surface area (Å²) in [5, 5.41) is 8.94. The second-order valence-electron chi connectivity index (χ2n) is 6.69. The van der Waals surface area contributed by atoms with Gasteiger partial charge < -0.3 is 9.15 Å². The van der Waals surface area contributed by atoms with Crippen molar-refractivity contribution in [2.45, 2.75) is 38.4 Å². The number of nitrogens with zero attached hydrogens (tertiary/aromatic N) is 4. The summed E-state index contributed by atoms with van der Waals surface area (Å²) >= 11 is 0. The van der Waals surface area contributed by atoms with Gasteiger partial charge in [-0.1, -0.05) is 11.3 Å². The summed E-state index contributed by atoms with van der Waals surface area (Å²) in [6, 6.07) is 4.06. The number of rotatable bonds is 8. The second kappa shape index (κ2) is 6.91. The van der Waals surface area contributed by atoms with E-state index in [1.54, 1.807) is 12.3 Å². The molecule has 1 aliphatic carbocycles. The van der Waals surface area contributed by atoms with Gasteiger partial charge in [-0.25, -0.2) is 4.68 Å². The normalized spacial score (nSPS) is 20.9. The fourth-order valence-corrected chi connectivity index (χ4v) is 3.37.